The largest absolute Gasteiger partial charge is 0.481 e. The average Bonchev–Trinajstić information content (AvgIpc) is 2.26. The zero-order valence-corrected chi connectivity index (χ0v) is 9.23. The quantitative estimate of drug-likeness (QED) is 0.622. The Bertz CT molecular complexity index is 443. The number of carbonyl (C=O) groups is 3. The summed E-state index contributed by atoms with van der Waals surface area (Å²) in [7, 11) is 0. The van der Waals surface area contributed by atoms with Crippen LogP contribution in [0.3, 0.4) is 0 Å². The van der Waals surface area contributed by atoms with Crippen molar-refractivity contribution in [1.82, 2.24) is 5.48 Å². The lowest BCUT2D eigenvalue weighted by atomic mass is 10.2. The number of carboxylic acids is 1. The summed E-state index contributed by atoms with van der Waals surface area (Å²) in [5, 5.41) is 8.73. The topological polar surface area (TPSA) is 92.7 Å². The molecule has 1 rings (SSSR count). The van der Waals surface area contributed by atoms with Crippen molar-refractivity contribution < 1.29 is 24.3 Å². The highest BCUT2D eigenvalue weighted by Crippen LogP contribution is 2.09. The van der Waals surface area contributed by atoms with Gasteiger partial charge in [0.1, 0.15) is 6.42 Å². The van der Waals surface area contributed by atoms with Crippen LogP contribution in [0.2, 0.25) is 5.02 Å². The highest BCUT2D eigenvalue weighted by Gasteiger charge is 2.12. The van der Waals surface area contributed by atoms with E-state index >= 15 is 0 Å². The maximum Gasteiger partial charge on any atom is 0.343 e. The maximum absolute atomic E-state index is 11.4. The van der Waals surface area contributed by atoms with Crippen molar-refractivity contribution in [3.63, 3.8) is 0 Å². The Morgan fingerprint density at radius 2 is 1.82 bits per heavy atom. The first-order valence-electron chi connectivity index (χ1n) is 4.46. The van der Waals surface area contributed by atoms with Crippen LogP contribution < -0.4 is 5.48 Å². The number of benzene rings is 1. The first-order valence-corrected chi connectivity index (χ1v) is 4.84. The molecule has 0 aliphatic rings. The molecule has 0 fully saturated rings. The Balaban J connectivity index is 2.47. The van der Waals surface area contributed by atoms with E-state index in [0.29, 0.717) is 5.02 Å². The number of carboxylic acid groups (broad SMARTS) is 1. The summed E-state index contributed by atoms with van der Waals surface area (Å²) >= 11 is 5.62. The number of hydrogen-bond acceptors (Lipinski definition) is 4. The van der Waals surface area contributed by atoms with Gasteiger partial charge in [0.05, 0.1) is 0 Å². The Labute approximate surface area is 101 Å². The van der Waals surface area contributed by atoms with Crippen molar-refractivity contribution in [2.75, 3.05) is 0 Å². The number of amides is 1. The van der Waals surface area contributed by atoms with E-state index in [9.17, 15) is 14.4 Å². The van der Waals surface area contributed by atoms with Crippen molar-refractivity contribution in [2.24, 2.45) is 0 Å². The Morgan fingerprint density at radius 3 is 2.35 bits per heavy atom. The lowest BCUT2D eigenvalue weighted by molar-refractivity contribution is -0.155. The molecule has 90 valence electrons. The number of nitrogens with one attached hydrogen (secondary N) is 1. The molecule has 6 nitrogen and oxygen atoms in total. The average molecular weight is 258 g/mol. The maximum atomic E-state index is 11.4. The minimum absolute atomic E-state index is 0.234. The standard InChI is InChI=1S/C10H8ClNO5/c11-7-3-1-6(2-4-7)10(16)12-17-9(15)5-8(13)14/h1-4H,5H2,(H,12,16)(H,13,14). The first kappa shape index (κ1) is 13.0. The van der Waals surface area contributed by atoms with Crippen LogP contribution in [-0.4, -0.2) is 23.0 Å². The van der Waals surface area contributed by atoms with Crippen LogP contribution in [0.1, 0.15) is 16.8 Å². The summed E-state index contributed by atoms with van der Waals surface area (Å²) in [6.45, 7) is 0. The molecule has 1 aromatic rings. The van der Waals surface area contributed by atoms with Crippen LogP contribution >= 0.6 is 11.6 Å². The number of rotatable bonds is 3. The van der Waals surface area contributed by atoms with Crippen molar-refractivity contribution in [1.29, 1.82) is 0 Å². The molecule has 0 saturated heterocycles. The number of halogens is 1. The van der Waals surface area contributed by atoms with Crippen LogP contribution in [0.15, 0.2) is 24.3 Å². The van der Waals surface area contributed by atoms with Crippen LogP contribution in [0.4, 0.5) is 0 Å². The third-order valence-corrected chi connectivity index (χ3v) is 1.91. The summed E-state index contributed by atoms with van der Waals surface area (Å²) in [6.07, 6.45) is -0.819. The molecule has 0 unspecified atom stereocenters. The van der Waals surface area contributed by atoms with Crippen molar-refractivity contribution in [2.45, 2.75) is 6.42 Å². The van der Waals surface area contributed by atoms with Crippen LogP contribution in [-0.2, 0) is 14.4 Å². The number of carbonyl (C=O) groups excluding carboxylic acids is 2. The Morgan fingerprint density at radius 1 is 1.24 bits per heavy atom. The van der Waals surface area contributed by atoms with Gasteiger partial charge in [0.15, 0.2) is 0 Å². The second-order valence-corrected chi connectivity index (χ2v) is 3.42. The van der Waals surface area contributed by atoms with Gasteiger partial charge in [-0.1, -0.05) is 11.6 Å². The lowest BCUT2D eigenvalue weighted by Gasteiger charge is -2.04. The monoisotopic (exact) mass is 257 g/mol. The molecule has 2 N–H and O–H groups in total. The number of hydroxylamine groups is 1. The third-order valence-electron chi connectivity index (χ3n) is 1.66. The van der Waals surface area contributed by atoms with Crippen LogP contribution in [0, 0.1) is 0 Å². The highest BCUT2D eigenvalue weighted by molar-refractivity contribution is 6.30. The number of hydrogen-bond donors (Lipinski definition) is 2. The van der Waals surface area contributed by atoms with Gasteiger partial charge in [-0.2, -0.15) is 5.48 Å². The van der Waals surface area contributed by atoms with E-state index in [4.69, 9.17) is 16.7 Å². The minimum Gasteiger partial charge on any atom is -0.481 e. The molecule has 17 heavy (non-hydrogen) atoms. The van der Waals surface area contributed by atoms with Gasteiger partial charge >= 0.3 is 11.9 Å². The molecular formula is C10H8ClNO5. The summed E-state index contributed by atoms with van der Waals surface area (Å²) in [5.74, 6) is -3.06. The highest BCUT2D eigenvalue weighted by atomic mass is 35.5. The third kappa shape index (κ3) is 4.52. The molecule has 0 aliphatic heterocycles. The fourth-order valence-electron chi connectivity index (χ4n) is 0.923. The zero-order chi connectivity index (χ0) is 12.8. The van der Waals surface area contributed by atoms with Gasteiger partial charge in [-0.3, -0.25) is 9.59 Å². The smallest absolute Gasteiger partial charge is 0.343 e. The molecule has 0 bridgehead atoms. The molecule has 0 spiro atoms. The molecule has 1 aromatic carbocycles. The van der Waals surface area contributed by atoms with Gasteiger partial charge in [-0.15, -0.1) is 0 Å². The summed E-state index contributed by atoms with van der Waals surface area (Å²) < 4.78 is 0. The van der Waals surface area contributed by atoms with Crippen LogP contribution in [0.5, 0.6) is 0 Å². The Hall–Kier alpha value is -2.08. The summed E-state index contributed by atoms with van der Waals surface area (Å²) in [5.41, 5.74) is 2.06. The molecule has 0 saturated carbocycles. The van der Waals surface area contributed by atoms with Crippen molar-refractivity contribution in [3.05, 3.63) is 34.9 Å². The molecule has 0 atom stereocenters. The van der Waals surface area contributed by atoms with E-state index in [1.54, 1.807) is 0 Å². The van der Waals surface area contributed by atoms with Crippen molar-refractivity contribution in [3.8, 4) is 0 Å². The summed E-state index contributed by atoms with van der Waals surface area (Å²) in [6, 6.07) is 5.86. The lowest BCUT2D eigenvalue weighted by Crippen LogP contribution is -2.27. The predicted octanol–water partition coefficient (Wildman–Crippen LogP) is 1.00. The number of aliphatic carboxylic acids is 1. The molecule has 0 aliphatic carbocycles. The van der Waals surface area contributed by atoms with E-state index in [-0.39, 0.29) is 5.56 Å². The minimum atomic E-state index is -1.34. The molecule has 0 aromatic heterocycles. The van der Waals surface area contributed by atoms with Gasteiger partial charge in [-0.05, 0) is 24.3 Å². The fraction of sp³-hybridized carbons (Fsp3) is 0.100. The van der Waals surface area contributed by atoms with E-state index in [0.717, 1.165) is 0 Å². The zero-order valence-electron chi connectivity index (χ0n) is 8.47. The van der Waals surface area contributed by atoms with E-state index in [1.807, 2.05) is 5.48 Å². The van der Waals surface area contributed by atoms with E-state index in [1.165, 1.54) is 24.3 Å². The van der Waals surface area contributed by atoms with Gasteiger partial charge < -0.3 is 9.94 Å². The second kappa shape index (κ2) is 5.86. The molecule has 0 radical (unpaired) electrons. The van der Waals surface area contributed by atoms with Gasteiger partial charge in [0, 0.05) is 10.6 Å². The second-order valence-electron chi connectivity index (χ2n) is 2.98. The Kier molecular flexibility index (Phi) is 4.47. The van der Waals surface area contributed by atoms with Crippen LogP contribution in [0.25, 0.3) is 0 Å². The SMILES string of the molecule is O=C(O)CC(=O)ONC(=O)c1ccc(Cl)cc1. The normalized spacial score (nSPS) is 9.47. The summed E-state index contributed by atoms with van der Waals surface area (Å²) in [4.78, 5) is 36.6. The first-order chi connectivity index (χ1) is 7.99. The fourth-order valence-corrected chi connectivity index (χ4v) is 1.05. The molecule has 1 amide bonds. The van der Waals surface area contributed by atoms with E-state index in [2.05, 4.69) is 4.84 Å². The molecule has 7 heteroatoms. The van der Waals surface area contributed by atoms with Gasteiger partial charge in [-0.25, -0.2) is 4.79 Å². The predicted molar refractivity (Wildman–Crippen MR) is 57.3 cm³/mol. The van der Waals surface area contributed by atoms with Gasteiger partial charge in [0.25, 0.3) is 5.91 Å². The van der Waals surface area contributed by atoms with E-state index < -0.39 is 24.3 Å². The van der Waals surface area contributed by atoms with Crippen molar-refractivity contribution >= 4 is 29.4 Å². The molecule has 0 heterocycles. The van der Waals surface area contributed by atoms with Gasteiger partial charge in [0.2, 0.25) is 0 Å². The molecular weight excluding hydrogens is 250 g/mol.